The van der Waals surface area contributed by atoms with Crippen LogP contribution in [0.1, 0.15) is 43.9 Å². The average molecular weight is 462 g/mol. The Morgan fingerprint density at radius 2 is 2.09 bits per heavy atom. The number of nitrogens with zero attached hydrogens (tertiary/aromatic N) is 1. The number of halogens is 1. The Balaban J connectivity index is 2.04. The number of hydrogen-bond acceptors (Lipinski definition) is 5. The summed E-state index contributed by atoms with van der Waals surface area (Å²) in [5, 5.41) is 9.51. The Morgan fingerprint density at radius 3 is 2.78 bits per heavy atom. The first-order chi connectivity index (χ1) is 15.3. The van der Waals surface area contributed by atoms with Crippen LogP contribution in [0.15, 0.2) is 36.4 Å². The molecule has 0 radical (unpaired) electrons. The molecule has 1 N–H and O–H groups in total. The zero-order chi connectivity index (χ0) is 23.3. The lowest BCUT2D eigenvalue weighted by Gasteiger charge is -2.27. The third kappa shape index (κ3) is 5.34. The predicted octanol–water partition coefficient (Wildman–Crippen LogP) is 4.70. The molecule has 2 aromatic carbocycles. The van der Waals surface area contributed by atoms with Crippen LogP contribution in [0.4, 0.5) is 5.69 Å². The maximum atomic E-state index is 13.0. The predicted molar refractivity (Wildman–Crippen MR) is 122 cm³/mol. The van der Waals surface area contributed by atoms with Crippen molar-refractivity contribution in [3.05, 3.63) is 52.5 Å². The van der Waals surface area contributed by atoms with Gasteiger partial charge in [-0.3, -0.25) is 9.59 Å². The number of carbonyl (C=O) groups excluding carboxylic acids is 1. The lowest BCUT2D eigenvalue weighted by molar-refractivity contribution is -0.137. The molecule has 1 heterocycles. The van der Waals surface area contributed by atoms with Crippen LogP contribution in [-0.4, -0.2) is 43.9 Å². The van der Waals surface area contributed by atoms with Crippen LogP contribution in [0.5, 0.6) is 11.5 Å². The second-order valence-corrected chi connectivity index (χ2v) is 8.18. The van der Waals surface area contributed by atoms with Crippen LogP contribution in [0.25, 0.3) is 0 Å². The lowest BCUT2D eigenvalue weighted by atomic mass is 9.97. The number of fused-ring (bicyclic) bond motifs is 1. The first-order valence-corrected chi connectivity index (χ1v) is 11.0. The third-order valence-electron chi connectivity index (χ3n) is 5.38. The molecule has 7 nitrogen and oxygen atoms in total. The molecule has 0 aliphatic carbocycles. The van der Waals surface area contributed by atoms with Crippen LogP contribution in [0.3, 0.4) is 0 Å². The van der Waals surface area contributed by atoms with Crippen molar-refractivity contribution in [2.45, 2.75) is 32.8 Å². The van der Waals surface area contributed by atoms with E-state index in [-0.39, 0.29) is 24.9 Å². The highest BCUT2D eigenvalue weighted by Crippen LogP contribution is 2.44. The van der Waals surface area contributed by atoms with Crippen molar-refractivity contribution in [3.63, 3.8) is 0 Å². The molecule has 1 aliphatic rings. The van der Waals surface area contributed by atoms with Gasteiger partial charge in [0.05, 0.1) is 13.7 Å². The fraction of sp³-hybridized carbons (Fsp3) is 0.417. The molecule has 2 aromatic rings. The summed E-state index contributed by atoms with van der Waals surface area (Å²) in [7, 11) is 1.57. The highest BCUT2D eigenvalue weighted by Gasteiger charge is 2.32. The topological polar surface area (TPSA) is 85.3 Å². The molecule has 0 bridgehead atoms. The molecule has 0 saturated heterocycles. The summed E-state index contributed by atoms with van der Waals surface area (Å²) >= 11 is 6.33. The van der Waals surface area contributed by atoms with Gasteiger partial charge in [-0.25, -0.2) is 0 Å². The number of hydrogen-bond donors (Lipinski definition) is 1. The number of rotatable bonds is 9. The van der Waals surface area contributed by atoms with E-state index in [9.17, 15) is 9.59 Å². The van der Waals surface area contributed by atoms with Crippen molar-refractivity contribution in [2.75, 3.05) is 31.8 Å². The number of ether oxygens (including phenoxy) is 3. The largest absolute Gasteiger partial charge is 0.492 e. The number of methoxy groups -OCH3 is 1. The molecule has 0 saturated carbocycles. The molecule has 3 rings (SSSR count). The highest BCUT2D eigenvalue weighted by molar-refractivity contribution is 6.30. The van der Waals surface area contributed by atoms with Gasteiger partial charge in [0.1, 0.15) is 12.7 Å². The van der Waals surface area contributed by atoms with Crippen LogP contribution >= 0.6 is 11.6 Å². The molecular weight excluding hydrogens is 434 g/mol. The normalized spacial score (nSPS) is 16.8. The number of amides is 1. The van der Waals surface area contributed by atoms with Gasteiger partial charge < -0.3 is 24.2 Å². The first kappa shape index (κ1) is 23.9. The van der Waals surface area contributed by atoms with Gasteiger partial charge in [-0.15, -0.1) is 0 Å². The fourth-order valence-corrected chi connectivity index (χ4v) is 4.08. The number of anilines is 1. The van der Waals surface area contributed by atoms with Gasteiger partial charge in [0.2, 0.25) is 0 Å². The maximum Gasteiger partial charge on any atom is 0.303 e. The SMILES string of the molecule is CCOc1cccc(C2OCC(=O)N(CC(C)CCC(=O)O)c3ccc(Cl)cc32)c1OC. The third-order valence-corrected chi connectivity index (χ3v) is 5.61. The standard InChI is InChI=1S/C24H28ClNO6/c1-4-31-20-7-5-6-17(24(20)30-3)23-18-12-16(25)9-10-19(18)26(21(27)14-32-23)13-15(2)8-11-22(28)29/h5-7,9-10,12,15,23H,4,8,11,13-14H2,1-3H3,(H,28,29). The first-order valence-electron chi connectivity index (χ1n) is 10.6. The smallest absolute Gasteiger partial charge is 0.303 e. The van der Waals surface area contributed by atoms with Crippen molar-refractivity contribution in [3.8, 4) is 11.5 Å². The van der Waals surface area contributed by atoms with E-state index in [4.69, 9.17) is 30.9 Å². The minimum absolute atomic E-state index is 0.00838. The summed E-state index contributed by atoms with van der Waals surface area (Å²) in [6.45, 7) is 4.56. The van der Waals surface area contributed by atoms with Gasteiger partial charge in [-0.1, -0.05) is 30.7 Å². The summed E-state index contributed by atoms with van der Waals surface area (Å²) in [5.74, 6) is 0.0791. The van der Waals surface area contributed by atoms with Gasteiger partial charge in [0.15, 0.2) is 11.5 Å². The molecule has 1 amide bonds. The quantitative estimate of drug-likeness (QED) is 0.582. The van der Waals surface area contributed by atoms with E-state index < -0.39 is 12.1 Å². The molecule has 32 heavy (non-hydrogen) atoms. The van der Waals surface area contributed by atoms with Crippen molar-refractivity contribution in [1.82, 2.24) is 0 Å². The van der Waals surface area contributed by atoms with E-state index in [1.54, 1.807) is 30.2 Å². The van der Waals surface area contributed by atoms with Crippen molar-refractivity contribution in [1.29, 1.82) is 0 Å². The zero-order valence-corrected chi connectivity index (χ0v) is 19.2. The van der Waals surface area contributed by atoms with Gasteiger partial charge in [0, 0.05) is 34.8 Å². The molecule has 2 atom stereocenters. The number of para-hydroxylation sites is 1. The fourth-order valence-electron chi connectivity index (χ4n) is 3.90. The molecule has 0 fully saturated rings. The zero-order valence-electron chi connectivity index (χ0n) is 18.5. The molecule has 8 heteroatoms. The Labute approximate surface area is 192 Å². The molecular formula is C24H28ClNO6. The van der Waals surface area contributed by atoms with Gasteiger partial charge >= 0.3 is 5.97 Å². The van der Waals surface area contributed by atoms with E-state index in [1.807, 2.05) is 32.0 Å². The number of aliphatic carboxylic acids is 1. The Kier molecular flexibility index (Phi) is 7.99. The van der Waals surface area contributed by atoms with E-state index in [2.05, 4.69) is 0 Å². The van der Waals surface area contributed by atoms with E-state index in [1.165, 1.54) is 0 Å². The molecule has 1 aliphatic heterocycles. The van der Waals surface area contributed by atoms with Crippen LogP contribution in [0, 0.1) is 5.92 Å². The minimum atomic E-state index is -0.851. The molecule has 172 valence electrons. The van der Waals surface area contributed by atoms with E-state index >= 15 is 0 Å². The van der Waals surface area contributed by atoms with Crippen LogP contribution in [0.2, 0.25) is 5.02 Å². The van der Waals surface area contributed by atoms with Crippen molar-refractivity contribution in [2.24, 2.45) is 5.92 Å². The average Bonchev–Trinajstić information content (AvgIpc) is 2.89. The second-order valence-electron chi connectivity index (χ2n) is 7.75. The summed E-state index contributed by atoms with van der Waals surface area (Å²) in [6.07, 6.45) is -0.0735. The monoisotopic (exact) mass is 461 g/mol. The van der Waals surface area contributed by atoms with E-state index in [0.717, 1.165) is 11.1 Å². The van der Waals surface area contributed by atoms with Crippen LogP contribution in [-0.2, 0) is 14.3 Å². The molecule has 0 aromatic heterocycles. The second kappa shape index (κ2) is 10.7. The van der Waals surface area contributed by atoms with Crippen LogP contribution < -0.4 is 14.4 Å². The Bertz CT molecular complexity index is 979. The van der Waals surface area contributed by atoms with Gasteiger partial charge in [-0.05, 0) is 43.5 Å². The molecule has 0 spiro atoms. The number of carboxylic acids is 1. The summed E-state index contributed by atoms with van der Waals surface area (Å²) in [4.78, 5) is 25.6. The minimum Gasteiger partial charge on any atom is -0.492 e. The van der Waals surface area contributed by atoms with Crippen molar-refractivity contribution < 1.29 is 28.9 Å². The van der Waals surface area contributed by atoms with Gasteiger partial charge in [-0.2, -0.15) is 0 Å². The number of carboxylic acid groups (broad SMARTS) is 1. The van der Waals surface area contributed by atoms with E-state index in [0.29, 0.717) is 41.8 Å². The lowest BCUT2D eigenvalue weighted by Crippen LogP contribution is -2.36. The summed E-state index contributed by atoms with van der Waals surface area (Å²) in [6, 6.07) is 10.9. The highest BCUT2D eigenvalue weighted by atomic mass is 35.5. The maximum absolute atomic E-state index is 13.0. The number of carbonyl (C=O) groups is 2. The Hall–Kier alpha value is -2.77. The van der Waals surface area contributed by atoms with Crippen molar-refractivity contribution >= 4 is 29.2 Å². The Morgan fingerprint density at radius 1 is 1.31 bits per heavy atom. The number of benzene rings is 2. The van der Waals surface area contributed by atoms with Gasteiger partial charge in [0.25, 0.3) is 5.91 Å². The summed E-state index contributed by atoms with van der Waals surface area (Å²) < 4.78 is 17.4. The summed E-state index contributed by atoms with van der Waals surface area (Å²) in [5.41, 5.74) is 2.16. The molecule has 2 unspecified atom stereocenters.